The molecule has 1 aliphatic rings. The fraction of sp³-hybridized carbons (Fsp3) is 0.125. The van der Waals surface area contributed by atoms with E-state index in [2.05, 4.69) is 15.2 Å². The number of halogens is 1. The summed E-state index contributed by atoms with van der Waals surface area (Å²) >= 11 is 11.0. The minimum absolute atomic E-state index is 0.211. The number of nitrogens with one attached hydrogen (secondary N) is 2. The highest BCUT2D eigenvalue weighted by Gasteiger charge is 2.21. The molecule has 0 bridgehead atoms. The summed E-state index contributed by atoms with van der Waals surface area (Å²) in [6.45, 7) is 4.02. The highest BCUT2D eigenvalue weighted by Crippen LogP contribution is 2.24. The van der Waals surface area contributed by atoms with Crippen molar-refractivity contribution < 1.29 is 4.79 Å². The van der Waals surface area contributed by atoms with Crippen LogP contribution < -0.4 is 10.6 Å². The minimum atomic E-state index is -0.211. The van der Waals surface area contributed by atoms with Crippen LogP contribution in [-0.4, -0.2) is 15.6 Å². The predicted molar refractivity (Wildman–Crippen MR) is 92.1 cm³/mol. The van der Waals surface area contributed by atoms with Crippen molar-refractivity contribution in [3.63, 3.8) is 0 Å². The van der Waals surface area contributed by atoms with E-state index in [0.29, 0.717) is 15.8 Å². The van der Waals surface area contributed by atoms with Crippen molar-refractivity contribution in [2.24, 2.45) is 0 Å². The number of nitrogens with zero attached hydrogens (tertiary/aromatic N) is 1. The van der Waals surface area contributed by atoms with E-state index in [1.165, 1.54) is 0 Å². The fourth-order valence-electron chi connectivity index (χ4n) is 2.58. The molecular formula is C16H14ClN3OS. The zero-order chi connectivity index (χ0) is 15.9. The average molecular weight is 332 g/mol. The molecule has 6 heteroatoms. The highest BCUT2D eigenvalue weighted by molar-refractivity contribution is 7.80. The van der Waals surface area contributed by atoms with Gasteiger partial charge in [-0.15, -0.1) is 0 Å². The van der Waals surface area contributed by atoms with Gasteiger partial charge in [0.1, 0.15) is 5.70 Å². The van der Waals surface area contributed by atoms with Crippen molar-refractivity contribution >= 4 is 40.9 Å². The number of amides is 1. The van der Waals surface area contributed by atoms with Crippen LogP contribution in [0.15, 0.2) is 36.0 Å². The Hall–Kier alpha value is -2.11. The molecule has 2 aromatic rings. The molecule has 0 unspecified atom stereocenters. The third kappa shape index (κ3) is 2.65. The van der Waals surface area contributed by atoms with Gasteiger partial charge in [0.25, 0.3) is 5.91 Å². The topological polar surface area (TPSA) is 46.1 Å². The van der Waals surface area contributed by atoms with Crippen molar-refractivity contribution in [1.82, 2.24) is 15.2 Å². The van der Waals surface area contributed by atoms with Gasteiger partial charge in [0.15, 0.2) is 5.11 Å². The Kier molecular flexibility index (Phi) is 3.76. The van der Waals surface area contributed by atoms with E-state index < -0.39 is 0 Å². The summed E-state index contributed by atoms with van der Waals surface area (Å²) in [5, 5.41) is 6.43. The lowest BCUT2D eigenvalue weighted by atomic mass is 10.2. The minimum Gasteiger partial charge on any atom is -0.328 e. The molecule has 0 spiro atoms. The zero-order valence-corrected chi connectivity index (χ0v) is 13.7. The summed E-state index contributed by atoms with van der Waals surface area (Å²) in [6.07, 6.45) is 1.80. The maximum atomic E-state index is 11.8. The molecule has 4 nitrogen and oxygen atoms in total. The summed E-state index contributed by atoms with van der Waals surface area (Å²) in [5.74, 6) is -0.211. The lowest BCUT2D eigenvalue weighted by Gasteiger charge is -2.10. The molecule has 22 heavy (non-hydrogen) atoms. The Morgan fingerprint density at radius 1 is 1.23 bits per heavy atom. The van der Waals surface area contributed by atoms with Gasteiger partial charge in [-0.25, -0.2) is 0 Å². The largest absolute Gasteiger partial charge is 0.328 e. The average Bonchev–Trinajstić information content (AvgIpc) is 2.90. The summed E-state index contributed by atoms with van der Waals surface area (Å²) in [5.41, 5.74) is 4.50. The second kappa shape index (κ2) is 5.59. The molecule has 1 amide bonds. The Morgan fingerprint density at radius 3 is 2.64 bits per heavy atom. The quantitative estimate of drug-likeness (QED) is 0.656. The number of aromatic nitrogens is 1. The van der Waals surface area contributed by atoms with Crippen LogP contribution in [0.3, 0.4) is 0 Å². The van der Waals surface area contributed by atoms with E-state index in [-0.39, 0.29) is 5.91 Å². The number of hydrogen-bond acceptors (Lipinski definition) is 2. The van der Waals surface area contributed by atoms with Gasteiger partial charge in [0, 0.05) is 22.1 Å². The van der Waals surface area contributed by atoms with Crippen molar-refractivity contribution in [2.75, 3.05) is 0 Å². The van der Waals surface area contributed by atoms with Crippen LogP contribution in [0, 0.1) is 13.8 Å². The third-order valence-electron chi connectivity index (χ3n) is 3.56. The van der Waals surface area contributed by atoms with Crippen molar-refractivity contribution in [2.45, 2.75) is 13.8 Å². The SMILES string of the molecule is Cc1cc(C=C2NC(=S)NC2=O)c(C)n1-c1cccc(Cl)c1. The lowest BCUT2D eigenvalue weighted by molar-refractivity contribution is -0.115. The Labute approximate surface area is 138 Å². The summed E-state index contributed by atoms with van der Waals surface area (Å²) < 4.78 is 2.10. The predicted octanol–water partition coefficient (Wildman–Crippen LogP) is 3.09. The van der Waals surface area contributed by atoms with E-state index in [0.717, 1.165) is 22.6 Å². The first-order valence-electron chi connectivity index (χ1n) is 6.74. The van der Waals surface area contributed by atoms with Crippen LogP contribution in [0.5, 0.6) is 0 Å². The van der Waals surface area contributed by atoms with E-state index in [1.54, 1.807) is 6.08 Å². The second-order valence-electron chi connectivity index (χ2n) is 5.11. The van der Waals surface area contributed by atoms with Gasteiger partial charge >= 0.3 is 0 Å². The van der Waals surface area contributed by atoms with E-state index >= 15 is 0 Å². The molecule has 112 valence electrons. The van der Waals surface area contributed by atoms with Crippen molar-refractivity contribution in [1.29, 1.82) is 0 Å². The number of thiocarbonyl (C=S) groups is 1. The molecule has 1 saturated heterocycles. The van der Waals surface area contributed by atoms with E-state index in [1.807, 2.05) is 44.2 Å². The molecule has 1 fully saturated rings. The number of benzene rings is 1. The normalized spacial score (nSPS) is 16.0. The summed E-state index contributed by atoms with van der Waals surface area (Å²) in [4.78, 5) is 11.8. The van der Waals surface area contributed by atoms with Crippen LogP contribution >= 0.6 is 23.8 Å². The van der Waals surface area contributed by atoms with Gasteiger partial charge in [-0.2, -0.15) is 0 Å². The number of carbonyl (C=O) groups is 1. The maximum Gasteiger partial charge on any atom is 0.273 e. The van der Waals surface area contributed by atoms with Gasteiger partial charge in [0.05, 0.1) is 0 Å². The van der Waals surface area contributed by atoms with Crippen LogP contribution in [0.25, 0.3) is 11.8 Å². The fourth-order valence-corrected chi connectivity index (χ4v) is 2.97. The number of carbonyl (C=O) groups excluding carboxylic acids is 1. The van der Waals surface area contributed by atoms with Gasteiger partial charge < -0.3 is 9.88 Å². The first-order valence-corrected chi connectivity index (χ1v) is 7.53. The second-order valence-corrected chi connectivity index (χ2v) is 5.95. The first-order chi connectivity index (χ1) is 10.5. The van der Waals surface area contributed by atoms with E-state index in [9.17, 15) is 4.79 Å². The molecule has 0 atom stereocenters. The van der Waals surface area contributed by atoms with Gasteiger partial charge in [-0.1, -0.05) is 17.7 Å². The summed E-state index contributed by atoms with van der Waals surface area (Å²) in [7, 11) is 0. The molecule has 2 heterocycles. The Bertz CT molecular complexity index is 823. The Morgan fingerprint density at radius 2 is 2.00 bits per heavy atom. The maximum absolute atomic E-state index is 11.8. The molecule has 0 radical (unpaired) electrons. The molecule has 1 aromatic carbocycles. The van der Waals surface area contributed by atoms with Crippen LogP contribution in [0.1, 0.15) is 17.0 Å². The molecule has 0 saturated carbocycles. The molecule has 1 aliphatic heterocycles. The number of rotatable bonds is 2. The molecule has 1 aromatic heterocycles. The van der Waals surface area contributed by atoms with Gasteiger partial charge in [-0.3, -0.25) is 10.1 Å². The van der Waals surface area contributed by atoms with Crippen LogP contribution in [0.4, 0.5) is 0 Å². The zero-order valence-electron chi connectivity index (χ0n) is 12.1. The third-order valence-corrected chi connectivity index (χ3v) is 4.00. The smallest absolute Gasteiger partial charge is 0.273 e. The Balaban J connectivity index is 2.06. The molecule has 3 rings (SSSR count). The monoisotopic (exact) mass is 331 g/mol. The van der Waals surface area contributed by atoms with Crippen LogP contribution in [-0.2, 0) is 4.79 Å². The van der Waals surface area contributed by atoms with E-state index in [4.69, 9.17) is 23.8 Å². The number of aryl methyl sites for hydroxylation is 1. The highest BCUT2D eigenvalue weighted by atomic mass is 35.5. The van der Waals surface area contributed by atoms with Crippen molar-refractivity contribution in [3.05, 3.63) is 58.0 Å². The van der Waals surface area contributed by atoms with Gasteiger partial charge in [0.2, 0.25) is 0 Å². The van der Waals surface area contributed by atoms with Gasteiger partial charge in [-0.05, 0) is 62.0 Å². The molecular weight excluding hydrogens is 318 g/mol. The number of hydrogen-bond donors (Lipinski definition) is 2. The summed E-state index contributed by atoms with van der Waals surface area (Å²) in [6, 6.07) is 9.70. The van der Waals surface area contributed by atoms with Crippen LogP contribution in [0.2, 0.25) is 5.02 Å². The lowest BCUT2D eigenvalue weighted by Crippen LogP contribution is -2.21. The van der Waals surface area contributed by atoms with Crippen molar-refractivity contribution in [3.8, 4) is 5.69 Å². The molecule has 2 N–H and O–H groups in total. The standard InChI is InChI=1S/C16H14ClN3OS/c1-9-6-11(7-14-15(21)19-16(22)18-14)10(2)20(9)13-5-3-4-12(17)8-13/h3-8H,1-2H3,(H2,18,19,21,22). The first kappa shape index (κ1) is 14.8. The molecule has 0 aliphatic carbocycles.